The van der Waals surface area contributed by atoms with E-state index < -0.39 is 0 Å². The number of piperidine rings is 1. The van der Waals surface area contributed by atoms with E-state index in [0.717, 1.165) is 56.6 Å². The van der Waals surface area contributed by atoms with Crippen molar-refractivity contribution >= 4 is 11.0 Å². The first-order chi connectivity index (χ1) is 10.3. The molecule has 0 bridgehead atoms. The Bertz CT molecular complexity index is 591. The third-order valence-corrected chi connectivity index (χ3v) is 4.26. The lowest BCUT2D eigenvalue weighted by Gasteiger charge is -2.31. The van der Waals surface area contributed by atoms with Gasteiger partial charge in [-0.3, -0.25) is 0 Å². The van der Waals surface area contributed by atoms with Gasteiger partial charge in [0, 0.05) is 37.6 Å². The molecule has 0 N–H and O–H groups in total. The minimum atomic E-state index is -0.279. The number of rotatable bonds is 5. The van der Waals surface area contributed by atoms with Crippen LogP contribution in [-0.4, -0.2) is 43.4 Å². The van der Waals surface area contributed by atoms with Gasteiger partial charge in [0.25, 0.3) is 0 Å². The van der Waals surface area contributed by atoms with Gasteiger partial charge < -0.3 is 14.2 Å². The predicted molar refractivity (Wildman–Crippen MR) is 78.9 cm³/mol. The summed E-state index contributed by atoms with van der Waals surface area (Å²) in [6.07, 6.45) is 3.23. The average molecular weight is 292 g/mol. The number of hydrogen-bond donors (Lipinski definition) is 0. The molecule has 0 saturated carbocycles. The Morgan fingerprint density at radius 3 is 2.95 bits per heavy atom. The zero-order chi connectivity index (χ0) is 14.7. The van der Waals surface area contributed by atoms with Gasteiger partial charge in [-0.1, -0.05) is 5.16 Å². The first-order valence-electron chi connectivity index (χ1n) is 7.54. The van der Waals surface area contributed by atoms with E-state index in [9.17, 15) is 4.39 Å². The zero-order valence-corrected chi connectivity index (χ0v) is 12.3. The Hall–Kier alpha value is -1.46. The van der Waals surface area contributed by atoms with Crippen LogP contribution in [0.4, 0.5) is 4.39 Å². The predicted octanol–water partition coefficient (Wildman–Crippen LogP) is 3.18. The van der Waals surface area contributed by atoms with Gasteiger partial charge in [0.15, 0.2) is 5.58 Å². The number of fused-ring (bicyclic) bond motifs is 1. The number of aromatic nitrogens is 1. The SMILES string of the molecule is COCCCN1CCC(c2noc3cc(F)ccc23)CC1. The molecule has 2 aromatic rings. The third kappa shape index (κ3) is 3.24. The van der Waals surface area contributed by atoms with Gasteiger partial charge in [0.1, 0.15) is 5.82 Å². The summed E-state index contributed by atoms with van der Waals surface area (Å²) in [7, 11) is 1.74. The molecule has 3 rings (SSSR count). The number of benzene rings is 1. The molecule has 0 atom stereocenters. The number of hydrogen-bond acceptors (Lipinski definition) is 4. The smallest absolute Gasteiger partial charge is 0.170 e. The molecule has 4 nitrogen and oxygen atoms in total. The van der Waals surface area contributed by atoms with E-state index in [-0.39, 0.29) is 5.82 Å². The second-order valence-corrected chi connectivity index (χ2v) is 5.67. The van der Waals surface area contributed by atoms with E-state index >= 15 is 0 Å². The van der Waals surface area contributed by atoms with Crippen LogP contribution in [0.5, 0.6) is 0 Å². The van der Waals surface area contributed by atoms with Gasteiger partial charge in [-0.05, 0) is 44.5 Å². The molecule has 1 aromatic heterocycles. The molecule has 114 valence electrons. The molecule has 1 aromatic carbocycles. The molecule has 1 aliphatic heterocycles. The quantitative estimate of drug-likeness (QED) is 0.793. The Kier molecular flexibility index (Phi) is 4.51. The van der Waals surface area contributed by atoms with E-state index in [1.54, 1.807) is 13.2 Å². The molecular weight excluding hydrogens is 271 g/mol. The second kappa shape index (κ2) is 6.54. The van der Waals surface area contributed by atoms with Crippen LogP contribution in [0.3, 0.4) is 0 Å². The number of halogens is 1. The maximum Gasteiger partial charge on any atom is 0.170 e. The number of ether oxygens (including phenoxy) is 1. The lowest BCUT2D eigenvalue weighted by Crippen LogP contribution is -2.34. The van der Waals surface area contributed by atoms with Crippen LogP contribution in [0.15, 0.2) is 22.7 Å². The maximum atomic E-state index is 13.2. The van der Waals surface area contributed by atoms with Crippen LogP contribution in [0.1, 0.15) is 30.9 Å². The fourth-order valence-electron chi connectivity index (χ4n) is 3.09. The minimum Gasteiger partial charge on any atom is -0.385 e. The molecular formula is C16H21FN2O2. The standard InChI is InChI=1S/C16H21FN2O2/c1-20-10-2-7-19-8-5-12(6-9-19)16-14-4-3-13(17)11-15(14)21-18-16/h3-4,11-12H,2,5-10H2,1H3. The Labute approximate surface area is 123 Å². The van der Waals surface area contributed by atoms with E-state index in [0.29, 0.717) is 11.5 Å². The minimum absolute atomic E-state index is 0.279. The fraction of sp³-hybridized carbons (Fsp3) is 0.562. The van der Waals surface area contributed by atoms with E-state index in [2.05, 4.69) is 10.1 Å². The van der Waals surface area contributed by atoms with Crippen molar-refractivity contribution in [2.24, 2.45) is 0 Å². The first kappa shape index (κ1) is 14.5. The molecule has 0 unspecified atom stereocenters. The monoisotopic (exact) mass is 292 g/mol. The van der Waals surface area contributed by atoms with E-state index in [4.69, 9.17) is 9.26 Å². The van der Waals surface area contributed by atoms with Crippen molar-refractivity contribution in [1.82, 2.24) is 10.1 Å². The van der Waals surface area contributed by atoms with E-state index in [1.165, 1.54) is 12.1 Å². The van der Waals surface area contributed by atoms with Gasteiger partial charge in [0.05, 0.1) is 5.69 Å². The van der Waals surface area contributed by atoms with Crippen molar-refractivity contribution in [1.29, 1.82) is 0 Å². The average Bonchev–Trinajstić information content (AvgIpc) is 2.91. The molecule has 21 heavy (non-hydrogen) atoms. The van der Waals surface area contributed by atoms with Crippen molar-refractivity contribution in [3.63, 3.8) is 0 Å². The fourth-order valence-corrected chi connectivity index (χ4v) is 3.09. The number of methoxy groups -OCH3 is 1. The highest BCUT2D eigenvalue weighted by atomic mass is 19.1. The topological polar surface area (TPSA) is 38.5 Å². The van der Waals surface area contributed by atoms with Gasteiger partial charge in [-0.15, -0.1) is 0 Å². The highest BCUT2D eigenvalue weighted by Gasteiger charge is 2.24. The highest BCUT2D eigenvalue weighted by molar-refractivity contribution is 5.79. The second-order valence-electron chi connectivity index (χ2n) is 5.67. The molecule has 1 saturated heterocycles. The molecule has 1 fully saturated rings. The number of likely N-dealkylation sites (tertiary alicyclic amines) is 1. The molecule has 5 heteroatoms. The Morgan fingerprint density at radius 2 is 2.19 bits per heavy atom. The molecule has 0 amide bonds. The van der Waals surface area contributed by atoms with Crippen molar-refractivity contribution < 1.29 is 13.7 Å². The summed E-state index contributed by atoms with van der Waals surface area (Å²) >= 11 is 0. The molecule has 2 heterocycles. The van der Waals surface area contributed by atoms with Gasteiger partial charge in [0.2, 0.25) is 0 Å². The summed E-state index contributed by atoms with van der Waals surface area (Å²) in [6.45, 7) is 4.05. The molecule has 0 aliphatic carbocycles. The van der Waals surface area contributed by atoms with Crippen LogP contribution >= 0.6 is 0 Å². The van der Waals surface area contributed by atoms with Crippen molar-refractivity contribution in [3.05, 3.63) is 29.7 Å². The van der Waals surface area contributed by atoms with Crippen LogP contribution in [-0.2, 0) is 4.74 Å². The van der Waals surface area contributed by atoms with Crippen molar-refractivity contribution in [2.45, 2.75) is 25.2 Å². The zero-order valence-electron chi connectivity index (χ0n) is 12.3. The summed E-state index contributed by atoms with van der Waals surface area (Å²) in [6, 6.07) is 4.66. The van der Waals surface area contributed by atoms with Crippen LogP contribution in [0, 0.1) is 5.82 Å². The molecule has 0 spiro atoms. The first-order valence-corrected chi connectivity index (χ1v) is 7.54. The van der Waals surface area contributed by atoms with Crippen LogP contribution in [0.25, 0.3) is 11.0 Å². The largest absolute Gasteiger partial charge is 0.385 e. The summed E-state index contributed by atoms with van der Waals surface area (Å²) in [5.41, 5.74) is 1.54. The van der Waals surface area contributed by atoms with Crippen LogP contribution in [0.2, 0.25) is 0 Å². The molecule has 1 aliphatic rings. The normalized spacial score (nSPS) is 17.6. The van der Waals surface area contributed by atoms with Gasteiger partial charge >= 0.3 is 0 Å². The lowest BCUT2D eigenvalue weighted by molar-refractivity contribution is 0.156. The summed E-state index contributed by atoms with van der Waals surface area (Å²) in [5, 5.41) is 5.13. The lowest BCUT2D eigenvalue weighted by atomic mass is 9.91. The molecule has 0 radical (unpaired) electrons. The summed E-state index contributed by atoms with van der Waals surface area (Å²) < 4.78 is 23.5. The van der Waals surface area contributed by atoms with Gasteiger partial charge in [-0.2, -0.15) is 0 Å². The summed E-state index contributed by atoms with van der Waals surface area (Å²) in [4.78, 5) is 2.47. The van der Waals surface area contributed by atoms with Crippen molar-refractivity contribution in [3.8, 4) is 0 Å². The third-order valence-electron chi connectivity index (χ3n) is 4.26. The summed E-state index contributed by atoms with van der Waals surface area (Å²) in [5.74, 6) is 0.133. The van der Waals surface area contributed by atoms with Crippen molar-refractivity contribution in [2.75, 3.05) is 33.4 Å². The number of nitrogens with zero attached hydrogens (tertiary/aromatic N) is 2. The maximum absolute atomic E-state index is 13.2. The Balaban J connectivity index is 1.63. The van der Waals surface area contributed by atoms with E-state index in [1.807, 2.05) is 0 Å². The Morgan fingerprint density at radius 1 is 1.38 bits per heavy atom. The highest BCUT2D eigenvalue weighted by Crippen LogP contribution is 2.32. The van der Waals surface area contributed by atoms with Gasteiger partial charge in [-0.25, -0.2) is 4.39 Å². The van der Waals surface area contributed by atoms with Crippen LogP contribution < -0.4 is 0 Å².